The third kappa shape index (κ3) is 38.1. The van der Waals surface area contributed by atoms with Gasteiger partial charge in [0, 0.05) is 0 Å². The Balaban J connectivity index is -0.000000309. The second kappa shape index (κ2) is 40.5. The van der Waals surface area contributed by atoms with E-state index >= 15 is 0 Å². The van der Waals surface area contributed by atoms with Crippen LogP contribution in [0, 0.1) is 0 Å². The molecule has 0 rings (SSSR count). The Kier molecular flexibility index (Phi) is 47.4. The summed E-state index contributed by atoms with van der Waals surface area (Å²) in [5, 5.41) is 0. The SMILES string of the molecule is CCC(C)OP(OC(C)CC)OC(C)CC.CCC(C)OP(OC(C)CC)OC(C)CC.CCC(C)OP(OC(C)CC)OC(C)CC.[Cl][Ru]. The van der Waals surface area contributed by atoms with Crippen molar-refractivity contribution in [2.24, 2.45) is 0 Å². The molecule has 9 atom stereocenters. The van der Waals surface area contributed by atoms with Crippen LogP contribution in [0.4, 0.5) is 0 Å². The van der Waals surface area contributed by atoms with Crippen molar-refractivity contribution in [3.05, 3.63) is 0 Å². The molecule has 0 aliphatic rings. The third-order valence-electron chi connectivity index (χ3n) is 7.57. The average Bonchev–Trinajstić information content (AvgIpc) is 3.11. The molecule has 0 spiro atoms. The summed E-state index contributed by atoms with van der Waals surface area (Å²) in [7, 11) is 0.980. The van der Waals surface area contributed by atoms with Crippen molar-refractivity contribution in [2.45, 2.75) is 237 Å². The van der Waals surface area contributed by atoms with E-state index in [1.807, 2.05) is 17.3 Å². The van der Waals surface area contributed by atoms with Crippen LogP contribution < -0.4 is 0 Å². The Morgan fingerprint density at radius 1 is 0.280 bits per heavy atom. The Hall–Kier alpha value is 1.84. The molecule has 14 heteroatoms. The van der Waals surface area contributed by atoms with Crippen LogP contribution in [0.3, 0.4) is 0 Å². The van der Waals surface area contributed by atoms with Crippen LogP contribution in [-0.2, 0) is 58.0 Å². The van der Waals surface area contributed by atoms with Gasteiger partial charge in [0.2, 0.25) is 0 Å². The molecular formula is C36H81ClO9P3Ru. The third-order valence-corrected chi connectivity index (χ3v) is 12.4. The molecule has 309 valence electrons. The van der Waals surface area contributed by atoms with Gasteiger partial charge in [0.05, 0.1) is 54.9 Å². The summed E-state index contributed by atoms with van der Waals surface area (Å²) in [4.78, 5) is 0. The van der Waals surface area contributed by atoms with E-state index < -0.39 is 25.8 Å². The van der Waals surface area contributed by atoms with Gasteiger partial charge in [-0.1, -0.05) is 62.3 Å². The summed E-state index contributed by atoms with van der Waals surface area (Å²) in [5.74, 6) is 0. The molecule has 0 aliphatic heterocycles. The van der Waals surface area contributed by atoms with Crippen LogP contribution >= 0.6 is 35.5 Å². The summed E-state index contributed by atoms with van der Waals surface area (Å²) in [6.45, 7) is 37.4. The van der Waals surface area contributed by atoms with E-state index in [0.717, 1.165) is 57.8 Å². The first-order valence-electron chi connectivity index (χ1n) is 19.1. The van der Waals surface area contributed by atoms with Crippen LogP contribution in [0.15, 0.2) is 0 Å². The standard InChI is InChI=1S/3C12H27O3P.ClH.Ru/c3*1-7-10(4)13-16(14-11(5)8-2)15-12(6)9-3;;/h3*10-12H,7-9H2,1-6H3;1H;/q;;;;+1/p-1. The van der Waals surface area contributed by atoms with E-state index in [2.05, 4.69) is 134 Å². The molecule has 0 aromatic carbocycles. The van der Waals surface area contributed by atoms with Gasteiger partial charge < -0.3 is 40.7 Å². The maximum absolute atomic E-state index is 5.76. The molecule has 0 amide bonds. The molecule has 0 heterocycles. The predicted octanol–water partition coefficient (Wildman–Crippen LogP) is 14.7. The van der Waals surface area contributed by atoms with Crippen LogP contribution in [0.25, 0.3) is 0 Å². The van der Waals surface area contributed by atoms with Crippen molar-refractivity contribution in [2.75, 3.05) is 0 Å². The van der Waals surface area contributed by atoms with Gasteiger partial charge in [0.15, 0.2) is 0 Å². The van der Waals surface area contributed by atoms with Gasteiger partial charge >= 0.3 is 52.8 Å². The molecule has 0 aliphatic carbocycles. The molecule has 0 aromatic heterocycles. The molecule has 0 aromatic rings. The summed E-state index contributed by atoms with van der Waals surface area (Å²) in [5.41, 5.74) is 0. The van der Waals surface area contributed by atoms with Crippen molar-refractivity contribution in [1.82, 2.24) is 0 Å². The van der Waals surface area contributed by atoms with Crippen molar-refractivity contribution >= 4 is 35.5 Å². The fourth-order valence-corrected chi connectivity index (χ4v) is 6.65. The Morgan fingerprint density at radius 3 is 0.420 bits per heavy atom. The molecule has 0 N–H and O–H groups in total. The summed E-state index contributed by atoms with van der Waals surface area (Å²) in [6.07, 6.45) is 10.6. The first-order valence-corrected chi connectivity index (χ1v) is 24.7. The maximum atomic E-state index is 5.76. The fourth-order valence-electron chi connectivity index (χ4n) is 2.22. The van der Waals surface area contributed by atoms with Gasteiger partial charge in [-0.2, -0.15) is 0 Å². The minimum atomic E-state index is -1.20. The Morgan fingerprint density at radius 2 is 0.360 bits per heavy atom. The zero-order valence-corrected chi connectivity index (χ0v) is 40.5. The molecule has 9 unspecified atom stereocenters. The first-order chi connectivity index (χ1) is 23.6. The van der Waals surface area contributed by atoms with Crippen LogP contribution in [0.2, 0.25) is 0 Å². The van der Waals surface area contributed by atoms with Crippen molar-refractivity contribution < 1.29 is 58.0 Å². The molecule has 9 nitrogen and oxygen atoms in total. The van der Waals surface area contributed by atoms with Crippen LogP contribution in [-0.4, -0.2) is 54.9 Å². The Bertz CT molecular complexity index is 513. The van der Waals surface area contributed by atoms with Gasteiger partial charge in [-0.25, -0.2) is 0 Å². The second-order valence-electron chi connectivity index (χ2n) is 12.6. The summed E-state index contributed by atoms with van der Waals surface area (Å²) >= 11 is 1.82. The van der Waals surface area contributed by atoms with Crippen molar-refractivity contribution in [3.8, 4) is 0 Å². The number of rotatable bonds is 27. The van der Waals surface area contributed by atoms with E-state index in [1.165, 1.54) is 0 Å². The minimum absolute atomic E-state index is 0.194. The van der Waals surface area contributed by atoms with E-state index in [9.17, 15) is 0 Å². The van der Waals surface area contributed by atoms with Crippen molar-refractivity contribution in [3.63, 3.8) is 0 Å². The molecule has 0 saturated carbocycles. The van der Waals surface area contributed by atoms with Gasteiger partial charge in [-0.05, 0) is 120 Å². The molecule has 0 bridgehead atoms. The first kappa shape index (κ1) is 58.5. The van der Waals surface area contributed by atoms with Crippen molar-refractivity contribution in [1.29, 1.82) is 0 Å². The van der Waals surface area contributed by atoms with Gasteiger partial charge in [-0.15, -0.1) is 0 Å². The zero-order chi connectivity index (χ0) is 39.7. The normalized spacial score (nSPS) is 18.5. The van der Waals surface area contributed by atoms with E-state index in [4.69, 9.17) is 40.7 Å². The van der Waals surface area contributed by atoms with Crippen LogP contribution in [0.1, 0.15) is 182 Å². The number of hydrogen-bond acceptors (Lipinski definition) is 9. The van der Waals surface area contributed by atoms with Gasteiger partial charge in [-0.3, -0.25) is 0 Å². The predicted molar refractivity (Wildman–Crippen MR) is 214 cm³/mol. The quantitative estimate of drug-likeness (QED) is 0.0591. The molecule has 0 radical (unpaired) electrons. The summed E-state index contributed by atoms with van der Waals surface area (Å²) in [6, 6.07) is 0. The zero-order valence-electron chi connectivity index (χ0n) is 35.3. The van der Waals surface area contributed by atoms with E-state index in [0.29, 0.717) is 0 Å². The topological polar surface area (TPSA) is 83.1 Å². The van der Waals surface area contributed by atoms with Gasteiger partial charge in [0.25, 0.3) is 0 Å². The van der Waals surface area contributed by atoms with Crippen LogP contribution in [0.5, 0.6) is 0 Å². The fraction of sp³-hybridized carbons (Fsp3) is 1.00. The monoisotopic (exact) mass is 887 g/mol. The van der Waals surface area contributed by atoms with E-state index in [-0.39, 0.29) is 54.9 Å². The molecule has 50 heavy (non-hydrogen) atoms. The van der Waals surface area contributed by atoms with Gasteiger partial charge in [0.1, 0.15) is 0 Å². The summed E-state index contributed by atoms with van der Waals surface area (Å²) < 4.78 is 51.9. The molecule has 0 saturated heterocycles. The Labute approximate surface area is 329 Å². The number of halogens is 1. The average molecular weight is 887 g/mol. The number of hydrogen-bond donors (Lipinski definition) is 0. The molecule has 0 fully saturated rings. The van der Waals surface area contributed by atoms with E-state index in [1.54, 1.807) is 0 Å². The second-order valence-corrected chi connectivity index (χ2v) is 15.8. The molecular weight excluding hydrogens is 806 g/mol.